The van der Waals surface area contributed by atoms with Crippen LogP contribution in [0, 0.1) is 5.41 Å². The average molecular weight is 263 g/mol. The number of aliphatic hydroxyl groups excluding tert-OH is 1. The van der Waals surface area contributed by atoms with Crippen molar-refractivity contribution in [3.05, 3.63) is 35.5 Å². The van der Waals surface area contributed by atoms with E-state index in [4.69, 9.17) is 11.6 Å². The summed E-state index contributed by atoms with van der Waals surface area (Å²) in [5.74, 6) is 0. The molecule has 3 nitrogen and oxygen atoms in total. The van der Waals surface area contributed by atoms with Gasteiger partial charge in [-0.05, 0) is 37.1 Å². The minimum absolute atomic E-state index is 0.0992. The number of nitrogens with zero attached hydrogens (tertiary/aromatic N) is 1. The van der Waals surface area contributed by atoms with Crippen LogP contribution in [0.3, 0.4) is 0 Å². The lowest BCUT2D eigenvalue weighted by atomic mass is 10.1. The first-order chi connectivity index (χ1) is 8.72. The molecule has 1 fully saturated rings. The normalized spacial score (nSPS) is 16.8. The zero-order valence-corrected chi connectivity index (χ0v) is 10.7. The van der Waals surface area contributed by atoms with Crippen LogP contribution in [0.4, 0.5) is 5.69 Å². The van der Waals surface area contributed by atoms with E-state index >= 15 is 0 Å². The Hall–Kier alpha value is -1.32. The molecular weight excluding hydrogens is 248 g/mol. The molecule has 0 atom stereocenters. The molecule has 2 aromatic rings. The molecule has 18 heavy (non-hydrogen) atoms. The Kier molecular flexibility index (Phi) is 2.88. The molecule has 0 radical (unpaired) electrons. The van der Waals surface area contributed by atoms with Crippen LogP contribution >= 0.6 is 11.6 Å². The molecule has 1 aromatic carbocycles. The van der Waals surface area contributed by atoms with E-state index in [-0.39, 0.29) is 12.0 Å². The molecule has 1 saturated carbocycles. The summed E-state index contributed by atoms with van der Waals surface area (Å²) in [4.78, 5) is 4.31. The van der Waals surface area contributed by atoms with Crippen molar-refractivity contribution in [1.82, 2.24) is 4.98 Å². The van der Waals surface area contributed by atoms with Crippen molar-refractivity contribution < 1.29 is 5.11 Å². The molecule has 0 bridgehead atoms. The van der Waals surface area contributed by atoms with Gasteiger partial charge in [0.2, 0.25) is 0 Å². The second kappa shape index (κ2) is 4.41. The van der Waals surface area contributed by atoms with Gasteiger partial charge in [-0.25, -0.2) is 0 Å². The highest BCUT2D eigenvalue weighted by atomic mass is 35.5. The van der Waals surface area contributed by atoms with Crippen molar-refractivity contribution in [1.29, 1.82) is 0 Å². The molecule has 0 unspecified atom stereocenters. The van der Waals surface area contributed by atoms with Gasteiger partial charge in [0.15, 0.2) is 0 Å². The summed E-state index contributed by atoms with van der Waals surface area (Å²) in [6.07, 6.45) is 3.98. The van der Waals surface area contributed by atoms with Gasteiger partial charge in [-0.15, -0.1) is 0 Å². The minimum atomic E-state index is 0.0992. The molecule has 0 saturated heterocycles. The van der Waals surface area contributed by atoms with Crippen LogP contribution < -0.4 is 5.32 Å². The van der Waals surface area contributed by atoms with E-state index in [0.29, 0.717) is 5.02 Å². The van der Waals surface area contributed by atoms with E-state index in [1.54, 1.807) is 6.20 Å². The van der Waals surface area contributed by atoms with Crippen LogP contribution in [0.25, 0.3) is 10.9 Å². The Morgan fingerprint density at radius 3 is 2.89 bits per heavy atom. The summed E-state index contributed by atoms with van der Waals surface area (Å²) in [5, 5.41) is 14.5. The summed E-state index contributed by atoms with van der Waals surface area (Å²) in [6.45, 7) is 1.07. The molecule has 1 aliphatic rings. The molecule has 0 spiro atoms. The first-order valence-electron chi connectivity index (χ1n) is 6.11. The molecule has 4 heteroatoms. The summed E-state index contributed by atoms with van der Waals surface area (Å²) >= 11 is 5.96. The molecule has 1 heterocycles. The second-order valence-corrected chi connectivity index (χ2v) is 5.47. The van der Waals surface area contributed by atoms with Crippen LogP contribution in [0.5, 0.6) is 0 Å². The number of aromatic nitrogens is 1. The summed E-state index contributed by atoms with van der Waals surface area (Å²) < 4.78 is 0. The van der Waals surface area contributed by atoms with Gasteiger partial charge in [-0.1, -0.05) is 11.6 Å². The fourth-order valence-corrected chi connectivity index (χ4v) is 2.29. The Morgan fingerprint density at radius 2 is 2.17 bits per heavy atom. The van der Waals surface area contributed by atoms with E-state index in [0.717, 1.165) is 36.0 Å². The van der Waals surface area contributed by atoms with Gasteiger partial charge in [-0.2, -0.15) is 0 Å². The standard InChI is InChI=1S/C14H15ClN2O/c15-10-1-2-11-12(3-6-16-13(11)7-10)17-8-14(9-18)4-5-14/h1-3,6-7,18H,4-5,8-9H2,(H,16,17). The van der Waals surface area contributed by atoms with E-state index in [1.807, 2.05) is 24.3 Å². The monoisotopic (exact) mass is 262 g/mol. The average Bonchev–Trinajstić information content (AvgIpc) is 3.16. The molecule has 2 N–H and O–H groups in total. The van der Waals surface area contributed by atoms with Crippen LogP contribution in [0.1, 0.15) is 12.8 Å². The van der Waals surface area contributed by atoms with Gasteiger partial charge >= 0.3 is 0 Å². The summed E-state index contributed by atoms with van der Waals surface area (Å²) in [5.41, 5.74) is 2.04. The number of nitrogens with one attached hydrogen (secondary N) is 1. The third-order valence-corrected chi connectivity index (χ3v) is 3.89. The third-order valence-electron chi connectivity index (χ3n) is 3.65. The fraction of sp³-hybridized carbons (Fsp3) is 0.357. The molecule has 1 aliphatic carbocycles. The van der Waals surface area contributed by atoms with Gasteiger partial charge in [0.1, 0.15) is 0 Å². The maximum absolute atomic E-state index is 9.31. The van der Waals surface area contributed by atoms with Crippen LogP contribution in [-0.2, 0) is 0 Å². The van der Waals surface area contributed by atoms with E-state index in [1.165, 1.54) is 0 Å². The van der Waals surface area contributed by atoms with Crippen LogP contribution in [-0.4, -0.2) is 23.2 Å². The highest BCUT2D eigenvalue weighted by molar-refractivity contribution is 6.31. The molecular formula is C14H15ClN2O. The van der Waals surface area contributed by atoms with Gasteiger partial charge in [0.25, 0.3) is 0 Å². The predicted octanol–water partition coefficient (Wildman–Crippen LogP) is 3.07. The first kappa shape index (κ1) is 11.8. The van der Waals surface area contributed by atoms with Crippen LogP contribution in [0.15, 0.2) is 30.5 Å². The number of pyridine rings is 1. The van der Waals surface area contributed by atoms with Crippen molar-refractivity contribution in [2.45, 2.75) is 12.8 Å². The lowest BCUT2D eigenvalue weighted by molar-refractivity contribution is 0.220. The van der Waals surface area contributed by atoms with Crippen molar-refractivity contribution in [2.75, 3.05) is 18.5 Å². The number of aliphatic hydroxyl groups is 1. The first-order valence-corrected chi connectivity index (χ1v) is 6.49. The third kappa shape index (κ3) is 2.16. The topological polar surface area (TPSA) is 45.1 Å². The number of halogens is 1. The van der Waals surface area contributed by atoms with Gasteiger partial charge in [0, 0.05) is 34.3 Å². The quantitative estimate of drug-likeness (QED) is 0.890. The highest BCUT2D eigenvalue weighted by Crippen LogP contribution is 2.45. The molecule has 1 aromatic heterocycles. The predicted molar refractivity (Wildman–Crippen MR) is 74.0 cm³/mol. The molecule has 3 rings (SSSR count). The number of fused-ring (bicyclic) bond motifs is 1. The van der Waals surface area contributed by atoms with Crippen molar-refractivity contribution in [2.24, 2.45) is 5.41 Å². The van der Waals surface area contributed by atoms with Gasteiger partial charge in [-0.3, -0.25) is 4.98 Å². The highest BCUT2D eigenvalue weighted by Gasteiger charge is 2.41. The number of anilines is 1. The molecule has 0 amide bonds. The Bertz CT molecular complexity index is 581. The zero-order chi connectivity index (χ0) is 12.6. The van der Waals surface area contributed by atoms with E-state index in [2.05, 4.69) is 10.3 Å². The van der Waals surface area contributed by atoms with Crippen molar-refractivity contribution in [3.8, 4) is 0 Å². The smallest absolute Gasteiger partial charge is 0.0737 e. The maximum Gasteiger partial charge on any atom is 0.0737 e. The molecule has 94 valence electrons. The summed E-state index contributed by atoms with van der Waals surface area (Å²) in [6, 6.07) is 7.67. The summed E-state index contributed by atoms with van der Waals surface area (Å²) in [7, 11) is 0. The van der Waals surface area contributed by atoms with Gasteiger partial charge in [0.05, 0.1) is 12.1 Å². The molecule has 0 aliphatic heterocycles. The van der Waals surface area contributed by atoms with Crippen LogP contribution in [0.2, 0.25) is 5.02 Å². The Morgan fingerprint density at radius 1 is 1.33 bits per heavy atom. The Labute approximate surface area is 111 Å². The SMILES string of the molecule is OCC1(CNc2ccnc3cc(Cl)ccc23)CC1. The van der Waals surface area contributed by atoms with E-state index < -0.39 is 0 Å². The lowest BCUT2D eigenvalue weighted by Gasteiger charge is -2.15. The largest absolute Gasteiger partial charge is 0.396 e. The zero-order valence-electron chi connectivity index (χ0n) is 9.99. The lowest BCUT2D eigenvalue weighted by Crippen LogP contribution is -2.19. The number of rotatable bonds is 4. The number of benzene rings is 1. The van der Waals surface area contributed by atoms with Crippen molar-refractivity contribution in [3.63, 3.8) is 0 Å². The number of hydrogen-bond acceptors (Lipinski definition) is 3. The van der Waals surface area contributed by atoms with E-state index in [9.17, 15) is 5.11 Å². The number of hydrogen-bond donors (Lipinski definition) is 2. The van der Waals surface area contributed by atoms with Crippen molar-refractivity contribution >= 4 is 28.2 Å². The second-order valence-electron chi connectivity index (χ2n) is 5.03. The fourth-order valence-electron chi connectivity index (χ4n) is 2.13. The Balaban J connectivity index is 1.87. The maximum atomic E-state index is 9.31. The minimum Gasteiger partial charge on any atom is -0.396 e. The van der Waals surface area contributed by atoms with Gasteiger partial charge < -0.3 is 10.4 Å².